The summed E-state index contributed by atoms with van der Waals surface area (Å²) in [4.78, 5) is 18.5. The van der Waals surface area contributed by atoms with Gasteiger partial charge in [-0.3, -0.25) is 9.78 Å². The number of para-hydroxylation sites is 1. The maximum Gasteiger partial charge on any atom is 0.260 e. The highest BCUT2D eigenvalue weighted by molar-refractivity contribution is 6.12. The molecular weight excluding hydrogens is 264 g/mol. The van der Waals surface area contributed by atoms with E-state index in [0.29, 0.717) is 16.8 Å². The van der Waals surface area contributed by atoms with Gasteiger partial charge in [0.2, 0.25) is 0 Å². The Morgan fingerprint density at radius 1 is 1.05 bits per heavy atom. The fraction of sp³-hybridized carbons (Fsp3) is 0.0588. The van der Waals surface area contributed by atoms with E-state index in [2.05, 4.69) is 4.98 Å². The van der Waals surface area contributed by atoms with Crippen molar-refractivity contribution in [2.45, 2.75) is 0 Å². The molecule has 0 fully saturated rings. The van der Waals surface area contributed by atoms with Crippen molar-refractivity contribution in [3.63, 3.8) is 0 Å². The molecule has 0 radical (unpaired) electrons. The summed E-state index contributed by atoms with van der Waals surface area (Å²) in [6, 6.07) is 15.8. The van der Waals surface area contributed by atoms with Crippen LogP contribution in [-0.4, -0.2) is 23.0 Å². The first-order valence-corrected chi connectivity index (χ1v) is 6.57. The molecule has 1 aromatic heterocycles. The first kappa shape index (κ1) is 13.1. The summed E-state index contributed by atoms with van der Waals surface area (Å²) < 4.78 is 0. The molecule has 3 aromatic rings. The van der Waals surface area contributed by atoms with Gasteiger partial charge in [0.15, 0.2) is 0 Å². The number of amides is 1. The Morgan fingerprint density at radius 2 is 1.76 bits per heavy atom. The van der Waals surface area contributed by atoms with Gasteiger partial charge in [0, 0.05) is 24.3 Å². The number of aromatic nitrogens is 1. The molecule has 0 aliphatic rings. The highest BCUT2D eigenvalue weighted by Crippen LogP contribution is 2.22. The van der Waals surface area contributed by atoms with Gasteiger partial charge >= 0.3 is 0 Å². The summed E-state index contributed by atoms with van der Waals surface area (Å²) in [6.45, 7) is 0. The fourth-order valence-electron chi connectivity index (χ4n) is 2.25. The molecule has 0 spiro atoms. The number of carbonyl (C=O) groups excluding carboxylic acids is 1. The number of hydrogen-bond acceptors (Lipinski definition) is 3. The molecule has 104 valence electrons. The minimum atomic E-state index is -0.134. The third-order valence-corrected chi connectivity index (χ3v) is 3.40. The monoisotopic (exact) mass is 278 g/mol. The lowest BCUT2D eigenvalue weighted by atomic mass is 10.1. The van der Waals surface area contributed by atoms with Crippen LogP contribution in [0.15, 0.2) is 60.8 Å². The predicted molar refractivity (Wildman–Crippen MR) is 82.6 cm³/mol. The first-order valence-electron chi connectivity index (χ1n) is 6.57. The van der Waals surface area contributed by atoms with Crippen LogP contribution in [0, 0.1) is 0 Å². The number of aromatic hydroxyl groups is 1. The van der Waals surface area contributed by atoms with Gasteiger partial charge in [0.1, 0.15) is 5.75 Å². The second-order valence-corrected chi connectivity index (χ2v) is 4.76. The average molecular weight is 278 g/mol. The summed E-state index contributed by atoms with van der Waals surface area (Å²) in [6.07, 6.45) is 1.68. The normalized spacial score (nSPS) is 10.5. The van der Waals surface area contributed by atoms with Crippen LogP contribution in [0.5, 0.6) is 5.75 Å². The molecule has 1 heterocycles. The van der Waals surface area contributed by atoms with Crippen molar-refractivity contribution in [2.24, 2.45) is 0 Å². The van der Waals surface area contributed by atoms with E-state index >= 15 is 0 Å². The van der Waals surface area contributed by atoms with E-state index in [1.807, 2.05) is 24.3 Å². The van der Waals surface area contributed by atoms with E-state index in [1.54, 1.807) is 48.5 Å². The molecule has 2 aromatic carbocycles. The lowest BCUT2D eigenvalue weighted by Gasteiger charge is -2.18. The Bertz CT molecular complexity index is 792. The summed E-state index contributed by atoms with van der Waals surface area (Å²) in [7, 11) is 1.70. The van der Waals surface area contributed by atoms with Crippen molar-refractivity contribution in [1.29, 1.82) is 0 Å². The van der Waals surface area contributed by atoms with E-state index in [-0.39, 0.29) is 11.7 Å². The van der Waals surface area contributed by atoms with Crippen LogP contribution in [-0.2, 0) is 0 Å². The van der Waals surface area contributed by atoms with Gasteiger partial charge in [-0.15, -0.1) is 0 Å². The smallest absolute Gasteiger partial charge is 0.260 e. The van der Waals surface area contributed by atoms with Crippen molar-refractivity contribution in [3.05, 3.63) is 66.4 Å². The number of anilines is 1. The zero-order chi connectivity index (χ0) is 14.8. The molecule has 3 rings (SSSR count). The van der Waals surface area contributed by atoms with E-state index < -0.39 is 0 Å². The molecule has 0 aliphatic heterocycles. The fourth-order valence-corrected chi connectivity index (χ4v) is 2.25. The molecule has 4 nitrogen and oxygen atoms in total. The molecule has 0 bridgehead atoms. The molecule has 0 saturated carbocycles. The Hall–Kier alpha value is -2.88. The number of nitrogens with zero attached hydrogens (tertiary/aromatic N) is 2. The number of fused-ring (bicyclic) bond motifs is 1. The third kappa shape index (κ3) is 2.43. The number of pyridine rings is 1. The molecular formula is C17H14N2O2. The highest BCUT2D eigenvalue weighted by atomic mass is 16.3. The van der Waals surface area contributed by atoms with Crippen LogP contribution in [0.3, 0.4) is 0 Å². The number of carbonyl (C=O) groups is 1. The van der Waals surface area contributed by atoms with Crippen LogP contribution in [0.1, 0.15) is 10.4 Å². The van der Waals surface area contributed by atoms with Crippen LogP contribution in [0.25, 0.3) is 10.9 Å². The summed E-state index contributed by atoms with van der Waals surface area (Å²) >= 11 is 0. The lowest BCUT2D eigenvalue weighted by Crippen LogP contribution is -2.26. The maximum atomic E-state index is 12.7. The lowest BCUT2D eigenvalue weighted by molar-refractivity contribution is 0.0994. The van der Waals surface area contributed by atoms with Gasteiger partial charge in [-0.1, -0.05) is 18.2 Å². The molecule has 0 saturated heterocycles. The van der Waals surface area contributed by atoms with Crippen molar-refractivity contribution < 1.29 is 9.90 Å². The van der Waals surface area contributed by atoms with Gasteiger partial charge in [-0.05, 0) is 36.4 Å². The van der Waals surface area contributed by atoms with Crippen molar-refractivity contribution in [2.75, 3.05) is 11.9 Å². The van der Waals surface area contributed by atoms with E-state index in [4.69, 9.17) is 0 Å². The zero-order valence-electron chi connectivity index (χ0n) is 11.5. The Balaban J connectivity index is 2.02. The molecule has 1 N–H and O–H groups in total. The zero-order valence-corrected chi connectivity index (χ0v) is 11.5. The summed E-state index contributed by atoms with van der Waals surface area (Å²) in [5, 5.41) is 10.3. The Labute approximate surface area is 122 Å². The van der Waals surface area contributed by atoms with E-state index in [0.717, 1.165) is 5.39 Å². The van der Waals surface area contributed by atoms with Crippen LogP contribution >= 0.6 is 0 Å². The van der Waals surface area contributed by atoms with Gasteiger partial charge in [0.05, 0.1) is 11.1 Å². The SMILES string of the molecule is CN(C(=O)c1cccc2cccnc12)c1ccc(O)cc1. The second-order valence-electron chi connectivity index (χ2n) is 4.76. The molecule has 4 heteroatoms. The molecule has 0 unspecified atom stereocenters. The summed E-state index contributed by atoms with van der Waals surface area (Å²) in [5.74, 6) is 0.0383. The Morgan fingerprint density at radius 3 is 2.52 bits per heavy atom. The number of rotatable bonds is 2. The molecule has 21 heavy (non-hydrogen) atoms. The predicted octanol–water partition coefficient (Wildman–Crippen LogP) is 3.22. The van der Waals surface area contributed by atoms with Gasteiger partial charge in [-0.25, -0.2) is 0 Å². The number of hydrogen-bond donors (Lipinski definition) is 1. The highest BCUT2D eigenvalue weighted by Gasteiger charge is 2.16. The maximum absolute atomic E-state index is 12.7. The number of benzene rings is 2. The average Bonchev–Trinajstić information content (AvgIpc) is 2.53. The van der Waals surface area contributed by atoms with Crippen LogP contribution < -0.4 is 4.90 Å². The van der Waals surface area contributed by atoms with Crippen molar-refractivity contribution >= 4 is 22.5 Å². The van der Waals surface area contributed by atoms with Crippen molar-refractivity contribution in [1.82, 2.24) is 4.98 Å². The first-order chi connectivity index (χ1) is 10.2. The third-order valence-electron chi connectivity index (χ3n) is 3.40. The van der Waals surface area contributed by atoms with Crippen LogP contribution in [0.2, 0.25) is 0 Å². The standard InChI is InChI=1S/C17H14N2O2/c1-19(13-7-9-14(20)10-8-13)17(21)15-6-2-4-12-5-3-11-18-16(12)15/h2-11,20H,1H3. The molecule has 1 amide bonds. The quantitative estimate of drug-likeness (QED) is 0.783. The molecule has 0 aliphatic carbocycles. The van der Waals surface area contributed by atoms with Gasteiger partial charge in [-0.2, -0.15) is 0 Å². The number of phenolic OH excluding ortho intramolecular Hbond substituents is 1. The van der Waals surface area contributed by atoms with E-state index in [1.165, 1.54) is 0 Å². The topological polar surface area (TPSA) is 53.4 Å². The van der Waals surface area contributed by atoms with E-state index in [9.17, 15) is 9.90 Å². The van der Waals surface area contributed by atoms with Crippen LogP contribution in [0.4, 0.5) is 5.69 Å². The van der Waals surface area contributed by atoms with Gasteiger partial charge < -0.3 is 10.0 Å². The Kier molecular flexibility index (Phi) is 3.28. The van der Waals surface area contributed by atoms with Gasteiger partial charge in [0.25, 0.3) is 5.91 Å². The van der Waals surface area contributed by atoms with Crippen molar-refractivity contribution in [3.8, 4) is 5.75 Å². The molecule has 0 atom stereocenters. The summed E-state index contributed by atoms with van der Waals surface area (Å²) in [5.41, 5.74) is 1.96. The number of phenols is 1. The minimum absolute atomic E-state index is 0.134. The minimum Gasteiger partial charge on any atom is -0.508 e. The largest absolute Gasteiger partial charge is 0.508 e. The second kappa shape index (κ2) is 5.25.